The summed E-state index contributed by atoms with van der Waals surface area (Å²) in [7, 11) is 0. The molecule has 2 aromatic carbocycles. The zero-order valence-corrected chi connectivity index (χ0v) is 20.0. The molecule has 0 aromatic heterocycles. The first-order chi connectivity index (χ1) is 17.1. The van der Waals surface area contributed by atoms with E-state index in [0.717, 1.165) is 43.7 Å². The van der Waals surface area contributed by atoms with Crippen LogP contribution in [0.1, 0.15) is 81.8 Å². The number of benzene rings is 2. The molecule has 36 heavy (non-hydrogen) atoms. The van der Waals surface area contributed by atoms with Crippen LogP contribution in [0.25, 0.3) is 0 Å². The second kappa shape index (κ2) is 10.9. The number of halogens is 7. The maximum absolute atomic E-state index is 14.7. The summed E-state index contributed by atoms with van der Waals surface area (Å²) in [5.74, 6) is -8.50. The molecule has 0 N–H and O–H groups in total. The lowest BCUT2D eigenvalue weighted by Gasteiger charge is -2.33. The van der Waals surface area contributed by atoms with Crippen molar-refractivity contribution in [3.05, 3.63) is 76.1 Å². The molecule has 2 aliphatic rings. The Morgan fingerprint density at radius 2 is 1.39 bits per heavy atom. The second-order valence-electron chi connectivity index (χ2n) is 9.94. The van der Waals surface area contributed by atoms with Crippen LogP contribution in [0.2, 0.25) is 0 Å². The highest BCUT2D eigenvalue weighted by molar-refractivity contribution is 5.33. The van der Waals surface area contributed by atoms with E-state index in [1.165, 1.54) is 24.8 Å². The van der Waals surface area contributed by atoms with Crippen LogP contribution < -0.4 is 4.74 Å². The highest BCUT2D eigenvalue weighted by Crippen LogP contribution is 2.44. The molecule has 0 heterocycles. The number of rotatable bonds is 7. The molecule has 1 nitrogen and oxygen atoms in total. The normalized spacial score (nSPS) is 22.9. The van der Waals surface area contributed by atoms with Crippen LogP contribution in [-0.2, 0) is 6.11 Å². The third-order valence-corrected chi connectivity index (χ3v) is 7.53. The van der Waals surface area contributed by atoms with Crippen molar-refractivity contribution in [1.29, 1.82) is 0 Å². The maximum atomic E-state index is 14.7. The van der Waals surface area contributed by atoms with E-state index in [1.807, 2.05) is 0 Å². The molecule has 0 amide bonds. The molecule has 8 heteroatoms. The van der Waals surface area contributed by atoms with E-state index in [1.54, 1.807) is 0 Å². The van der Waals surface area contributed by atoms with E-state index in [2.05, 4.69) is 17.7 Å². The molecule has 1 unspecified atom stereocenters. The third kappa shape index (κ3) is 5.73. The molecular formula is C28H29F7O. The number of allylic oxidation sites excluding steroid dienone is 2. The summed E-state index contributed by atoms with van der Waals surface area (Å²) in [6.45, 7) is 2.20. The molecule has 2 aromatic rings. The summed E-state index contributed by atoms with van der Waals surface area (Å²) >= 11 is 0. The van der Waals surface area contributed by atoms with Crippen molar-refractivity contribution in [3.63, 3.8) is 0 Å². The van der Waals surface area contributed by atoms with Crippen molar-refractivity contribution in [2.24, 2.45) is 11.8 Å². The van der Waals surface area contributed by atoms with Crippen LogP contribution in [0.3, 0.4) is 0 Å². The average Bonchev–Trinajstić information content (AvgIpc) is 2.82. The minimum atomic E-state index is -4.58. The molecule has 0 bridgehead atoms. The summed E-state index contributed by atoms with van der Waals surface area (Å²) in [6, 6.07) is 2.12. The number of hydrogen-bond donors (Lipinski definition) is 0. The molecule has 4 rings (SSSR count). The first kappa shape index (κ1) is 26.6. The van der Waals surface area contributed by atoms with Gasteiger partial charge in [-0.15, -0.1) is 0 Å². The Balaban J connectivity index is 1.44. The Kier molecular flexibility index (Phi) is 8.00. The van der Waals surface area contributed by atoms with Gasteiger partial charge in [0.05, 0.1) is 0 Å². The zero-order chi connectivity index (χ0) is 26.0. The average molecular weight is 515 g/mol. The highest BCUT2D eigenvalue weighted by atomic mass is 19.3. The largest absolute Gasteiger partial charge is 0.432 e. The first-order valence-electron chi connectivity index (χ1n) is 12.5. The van der Waals surface area contributed by atoms with Gasteiger partial charge in [0.15, 0.2) is 17.5 Å². The van der Waals surface area contributed by atoms with Gasteiger partial charge in [0, 0.05) is 12.1 Å². The van der Waals surface area contributed by atoms with E-state index in [-0.39, 0.29) is 18.1 Å². The van der Waals surface area contributed by atoms with Crippen LogP contribution >= 0.6 is 0 Å². The zero-order valence-electron chi connectivity index (χ0n) is 20.0. The Morgan fingerprint density at radius 1 is 0.806 bits per heavy atom. The standard InChI is InChI=1S/C28H29F7O/c1-2-3-16-4-6-17(7-5-16)18-8-10-19(11-9-18)20-12-22(29)26(23(30)13-20)28(34,35)36-21-14-24(31)27(33)25(32)15-21/h6,12-16,18-19H,2-5,7-11H2,1H3. The summed E-state index contributed by atoms with van der Waals surface area (Å²) in [5, 5.41) is 0. The molecule has 1 atom stereocenters. The minimum Gasteiger partial charge on any atom is -0.429 e. The lowest BCUT2D eigenvalue weighted by Crippen LogP contribution is -2.26. The molecule has 0 spiro atoms. The van der Waals surface area contributed by atoms with Gasteiger partial charge in [-0.2, -0.15) is 8.78 Å². The van der Waals surface area contributed by atoms with Crippen LogP contribution in [0.15, 0.2) is 35.9 Å². The van der Waals surface area contributed by atoms with E-state index < -0.39 is 46.5 Å². The van der Waals surface area contributed by atoms with E-state index in [0.29, 0.717) is 24.3 Å². The fourth-order valence-electron chi connectivity index (χ4n) is 5.64. The molecule has 1 saturated carbocycles. The van der Waals surface area contributed by atoms with Gasteiger partial charge in [-0.1, -0.05) is 31.4 Å². The number of ether oxygens (including phenoxy) is 1. The molecule has 196 valence electrons. The summed E-state index contributed by atoms with van der Waals surface area (Å²) in [4.78, 5) is 0. The molecule has 2 aliphatic carbocycles. The van der Waals surface area contributed by atoms with Crippen molar-refractivity contribution in [3.8, 4) is 5.75 Å². The van der Waals surface area contributed by atoms with Gasteiger partial charge in [-0.05, 0) is 80.4 Å². The van der Waals surface area contributed by atoms with Crippen LogP contribution in [-0.4, -0.2) is 0 Å². The lowest BCUT2D eigenvalue weighted by atomic mass is 9.72. The van der Waals surface area contributed by atoms with Crippen molar-refractivity contribution < 1.29 is 35.5 Å². The smallest absolute Gasteiger partial charge is 0.429 e. The van der Waals surface area contributed by atoms with Crippen LogP contribution in [0.4, 0.5) is 30.7 Å². The Hall–Kier alpha value is -2.51. The van der Waals surface area contributed by atoms with Gasteiger partial charge < -0.3 is 4.74 Å². The molecular weight excluding hydrogens is 485 g/mol. The first-order valence-corrected chi connectivity index (χ1v) is 12.5. The van der Waals surface area contributed by atoms with Crippen LogP contribution in [0, 0.1) is 40.9 Å². The predicted octanol–water partition coefficient (Wildman–Crippen LogP) is 9.31. The van der Waals surface area contributed by atoms with Crippen molar-refractivity contribution in [2.75, 3.05) is 0 Å². The van der Waals surface area contributed by atoms with Gasteiger partial charge in [-0.25, -0.2) is 22.0 Å². The summed E-state index contributed by atoms with van der Waals surface area (Å²) in [6.07, 6.45) is 6.75. The highest BCUT2D eigenvalue weighted by Gasteiger charge is 2.42. The van der Waals surface area contributed by atoms with Gasteiger partial charge in [-0.3, -0.25) is 0 Å². The van der Waals surface area contributed by atoms with E-state index >= 15 is 0 Å². The Bertz CT molecular complexity index is 1070. The predicted molar refractivity (Wildman–Crippen MR) is 122 cm³/mol. The van der Waals surface area contributed by atoms with Gasteiger partial charge >= 0.3 is 6.11 Å². The van der Waals surface area contributed by atoms with Crippen molar-refractivity contribution >= 4 is 0 Å². The fourth-order valence-corrected chi connectivity index (χ4v) is 5.64. The summed E-state index contributed by atoms with van der Waals surface area (Å²) in [5.41, 5.74) is 0.0977. The maximum Gasteiger partial charge on any atom is 0.432 e. The molecule has 0 aliphatic heterocycles. The third-order valence-electron chi connectivity index (χ3n) is 7.53. The van der Waals surface area contributed by atoms with E-state index in [9.17, 15) is 30.7 Å². The monoisotopic (exact) mass is 514 g/mol. The molecule has 0 radical (unpaired) electrons. The topological polar surface area (TPSA) is 9.23 Å². The second-order valence-corrected chi connectivity index (χ2v) is 9.94. The van der Waals surface area contributed by atoms with Crippen LogP contribution in [0.5, 0.6) is 5.75 Å². The van der Waals surface area contributed by atoms with E-state index in [4.69, 9.17) is 0 Å². The van der Waals surface area contributed by atoms with Crippen molar-refractivity contribution in [2.45, 2.75) is 76.7 Å². The molecule has 1 fully saturated rings. The fraction of sp³-hybridized carbons (Fsp3) is 0.500. The minimum absolute atomic E-state index is 0.161. The Morgan fingerprint density at radius 3 is 1.92 bits per heavy atom. The van der Waals surface area contributed by atoms with Crippen molar-refractivity contribution in [1.82, 2.24) is 0 Å². The quantitative estimate of drug-likeness (QED) is 0.203. The molecule has 0 saturated heterocycles. The summed E-state index contributed by atoms with van der Waals surface area (Å²) < 4.78 is 103. The number of alkyl halides is 2. The lowest BCUT2D eigenvalue weighted by molar-refractivity contribution is -0.189. The van der Waals surface area contributed by atoms with Gasteiger partial charge in [0.1, 0.15) is 22.9 Å². The van der Waals surface area contributed by atoms with Gasteiger partial charge in [0.25, 0.3) is 0 Å². The van der Waals surface area contributed by atoms with Gasteiger partial charge in [0.2, 0.25) is 0 Å². The number of hydrogen-bond acceptors (Lipinski definition) is 1. The Labute approximate surface area is 206 Å². The SMILES string of the molecule is CCCC1CC=C(C2CCC(c3cc(F)c(C(F)(F)Oc4cc(F)c(F)c(F)c4)c(F)c3)CC2)CC1.